The van der Waals surface area contributed by atoms with Crippen LogP contribution in [0.2, 0.25) is 5.02 Å². The second-order valence-electron chi connectivity index (χ2n) is 6.22. The molecule has 1 fully saturated rings. The Balaban J connectivity index is 1.86. The van der Waals surface area contributed by atoms with E-state index < -0.39 is 12.0 Å². The van der Waals surface area contributed by atoms with Crippen molar-refractivity contribution in [2.75, 3.05) is 13.1 Å². The molecule has 1 atom stereocenters. The van der Waals surface area contributed by atoms with Gasteiger partial charge in [-0.15, -0.1) is 0 Å². The third-order valence-corrected chi connectivity index (χ3v) is 4.29. The van der Waals surface area contributed by atoms with E-state index in [-0.39, 0.29) is 17.9 Å². The Labute approximate surface area is 141 Å². The van der Waals surface area contributed by atoms with Crippen molar-refractivity contribution in [3.05, 3.63) is 34.9 Å². The van der Waals surface area contributed by atoms with E-state index >= 15 is 0 Å². The molecule has 2 amide bonds. The molecule has 0 spiro atoms. The minimum atomic E-state index is -1.23. The number of hydrogen-bond donors (Lipinski definition) is 2. The van der Waals surface area contributed by atoms with Crippen LogP contribution in [0, 0.1) is 5.92 Å². The van der Waals surface area contributed by atoms with E-state index in [0.29, 0.717) is 36.5 Å². The number of nitrogens with one attached hydrogen (secondary N) is 1. The van der Waals surface area contributed by atoms with Gasteiger partial charge in [-0.3, -0.25) is 9.59 Å². The Bertz CT molecular complexity index is 569. The molecule has 1 heterocycles. The average molecular weight is 339 g/mol. The molecular formula is C17H23ClN2O3. The third kappa shape index (κ3) is 4.69. The molecule has 2 rings (SSSR count). The number of carbonyl (C=O) groups is 2. The van der Waals surface area contributed by atoms with Crippen LogP contribution in [0.5, 0.6) is 0 Å². The quantitative estimate of drug-likeness (QED) is 0.883. The predicted molar refractivity (Wildman–Crippen MR) is 89.0 cm³/mol. The zero-order valence-electron chi connectivity index (χ0n) is 13.5. The number of carbonyl (C=O) groups excluding carboxylic acids is 2. The standard InChI is InChI=1S/C17H23ClN2O3/c1-11(2)17(23)20-8-6-14(7-9-20)19-16(22)15(21)12-4-3-5-13(18)10-12/h3-5,10-11,14-15,21H,6-9H2,1-2H3,(H,19,22)/t15-/m0/s1. The number of aliphatic hydroxyl groups excluding tert-OH is 1. The van der Waals surface area contributed by atoms with Crippen molar-refractivity contribution in [3.63, 3.8) is 0 Å². The van der Waals surface area contributed by atoms with E-state index in [1.54, 1.807) is 24.3 Å². The molecule has 0 aliphatic carbocycles. The minimum Gasteiger partial charge on any atom is -0.378 e. The summed E-state index contributed by atoms with van der Waals surface area (Å²) in [5, 5.41) is 13.5. The van der Waals surface area contributed by atoms with Crippen LogP contribution in [0.25, 0.3) is 0 Å². The van der Waals surface area contributed by atoms with Crippen LogP contribution in [-0.4, -0.2) is 41.0 Å². The van der Waals surface area contributed by atoms with Gasteiger partial charge in [0.15, 0.2) is 6.10 Å². The lowest BCUT2D eigenvalue weighted by Crippen LogP contribution is -2.48. The Kier molecular flexibility index (Phi) is 6.02. The highest BCUT2D eigenvalue weighted by Crippen LogP contribution is 2.19. The second kappa shape index (κ2) is 7.79. The molecule has 1 aromatic rings. The predicted octanol–water partition coefficient (Wildman–Crippen LogP) is 2.14. The Morgan fingerprint density at radius 3 is 2.52 bits per heavy atom. The van der Waals surface area contributed by atoms with Gasteiger partial charge < -0.3 is 15.3 Å². The van der Waals surface area contributed by atoms with E-state index in [9.17, 15) is 14.7 Å². The van der Waals surface area contributed by atoms with E-state index in [2.05, 4.69) is 5.32 Å². The summed E-state index contributed by atoms with van der Waals surface area (Å²) in [5.41, 5.74) is 0.474. The van der Waals surface area contributed by atoms with Crippen molar-refractivity contribution in [2.24, 2.45) is 5.92 Å². The fraction of sp³-hybridized carbons (Fsp3) is 0.529. The zero-order valence-corrected chi connectivity index (χ0v) is 14.2. The molecule has 0 unspecified atom stereocenters. The summed E-state index contributed by atoms with van der Waals surface area (Å²) in [6.45, 7) is 5.04. The summed E-state index contributed by atoms with van der Waals surface area (Å²) in [6.07, 6.45) is 0.169. The first-order valence-electron chi connectivity index (χ1n) is 7.91. The fourth-order valence-electron chi connectivity index (χ4n) is 2.72. The smallest absolute Gasteiger partial charge is 0.253 e. The van der Waals surface area contributed by atoms with E-state index in [1.165, 1.54) is 0 Å². The lowest BCUT2D eigenvalue weighted by Gasteiger charge is -2.33. The molecule has 1 aliphatic rings. The van der Waals surface area contributed by atoms with Gasteiger partial charge in [-0.1, -0.05) is 37.6 Å². The van der Waals surface area contributed by atoms with Gasteiger partial charge in [0.1, 0.15) is 0 Å². The van der Waals surface area contributed by atoms with Gasteiger partial charge in [0.25, 0.3) is 5.91 Å². The topological polar surface area (TPSA) is 69.6 Å². The summed E-state index contributed by atoms with van der Waals surface area (Å²) in [4.78, 5) is 25.9. The Hall–Kier alpha value is -1.59. The largest absolute Gasteiger partial charge is 0.378 e. The average Bonchev–Trinajstić information content (AvgIpc) is 2.54. The number of piperidine rings is 1. The highest BCUT2D eigenvalue weighted by atomic mass is 35.5. The van der Waals surface area contributed by atoms with Crippen molar-refractivity contribution in [1.82, 2.24) is 10.2 Å². The molecule has 0 radical (unpaired) electrons. The second-order valence-corrected chi connectivity index (χ2v) is 6.66. The summed E-state index contributed by atoms with van der Waals surface area (Å²) in [7, 11) is 0. The van der Waals surface area contributed by atoms with Crippen LogP contribution in [0.15, 0.2) is 24.3 Å². The van der Waals surface area contributed by atoms with E-state index in [0.717, 1.165) is 0 Å². The molecule has 2 N–H and O–H groups in total. The molecule has 6 heteroatoms. The maximum absolute atomic E-state index is 12.2. The molecule has 1 aliphatic heterocycles. The number of nitrogens with zero attached hydrogens (tertiary/aromatic N) is 1. The maximum atomic E-state index is 12.2. The van der Waals surface area contributed by atoms with Crippen LogP contribution < -0.4 is 5.32 Å². The monoisotopic (exact) mass is 338 g/mol. The highest BCUT2D eigenvalue weighted by molar-refractivity contribution is 6.30. The molecule has 1 aromatic carbocycles. The van der Waals surface area contributed by atoms with E-state index in [4.69, 9.17) is 11.6 Å². The van der Waals surface area contributed by atoms with E-state index in [1.807, 2.05) is 18.7 Å². The van der Waals surface area contributed by atoms with Crippen molar-refractivity contribution < 1.29 is 14.7 Å². The number of amides is 2. The first-order chi connectivity index (χ1) is 10.9. The number of halogens is 1. The van der Waals surface area contributed by atoms with Crippen LogP contribution in [0.3, 0.4) is 0 Å². The van der Waals surface area contributed by atoms with Gasteiger partial charge in [-0.25, -0.2) is 0 Å². The van der Waals surface area contributed by atoms with Gasteiger partial charge >= 0.3 is 0 Å². The summed E-state index contributed by atoms with van der Waals surface area (Å²) in [6, 6.07) is 6.62. The first kappa shape index (κ1) is 17.8. The van der Waals surface area contributed by atoms with Crippen LogP contribution in [0.4, 0.5) is 0 Å². The van der Waals surface area contributed by atoms with Gasteiger partial charge in [-0.05, 0) is 30.5 Å². The number of likely N-dealkylation sites (tertiary alicyclic amines) is 1. The van der Waals surface area contributed by atoms with Crippen LogP contribution in [0.1, 0.15) is 38.4 Å². The van der Waals surface area contributed by atoms with Gasteiger partial charge in [0, 0.05) is 30.1 Å². The first-order valence-corrected chi connectivity index (χ1v) is 8.29. The van der Waals surface area contributed by atoms with Crippen LogP contribution >= 0.6 is 11.6 Å². The van der Waals surface area contributed by atoms with Gasteiger partial charge in [0.05, 0.1) is 0 Å². The van der Waals surface area contributed by atoms with Crippen molar-refractivity contribution >= 4 is 23.4 Å². The molecule has 126 valence electrons. The van der Waals surface area contributed by atoms with Crippen molar-refractivity contribution in [2.45, 2.75) is 38.8 Å². The molecule has 0 saturated carbocycles. The minimum absolute atomic E-state index is 0.00853. The summed E-state index contributed by atoms with van der Waals surface area (Å²) >= 11 is 5.88. The molecule has 0 bridgehead atoms. The molecule has 1 saturated heterocycles. The Morgan fingerprint density at radius 1 is 1.30 bits per heavy atom. The lowest BCUT2D eigenvalue weighted by molar-refractivity contribution is -0.136. The maximum Gasteiger partial charge on any atom is 0.253 e. The molecular weight excluding hydrogens is 316 g/mol. The number of hydrogen-bond acceptors (Lipinski definition) is 3. The SMILES string of the molecule is CC(C)C(=O)N1CCC(NC(=O)[C@@H](O)c2cccc(Cl)c2)CC1. The summed E-state index contributed by atoms with van der Waals surface area (Å²) < 4.78 is 0. The number of aliphatic hydroxyl groups is 1. The summed E-state index contributed by atoms with van der Waals surface area (Å²) in [5.74, 6) is -0.291. The number of benzene rings is 1. The Morgan fingerprint density at radius 2 is 1.96 bits per heavy atom. The molecule has 23 heavy (non-hydrogen) atoms. The third-order valence-electron chi connectivity index (χ3n) is 4.06. The van der Waals surface area contributed by atoms with Crippen LogP contribution in [-0.2, 0) is 9.59 Å². The lowest BCUT2D eigenvalue weighted by atomic mass is 10.0. The zero-order chi connectivity index (χ0) is 17.0. The van der Waals surface area contributed by atoms with Gasteiger partial charge in [-0.2, -0.15) is 0 Å². The highest BCUT2D eigenvalue weighted by Gasteiger charge is 2.27. The molecule has 5 nitrogen and oxygen atoms in total. The molecule has 0 aromatic heterocycles. The number of rotatable bonds is 4. The fourth-order valence-corrected chi connectivity index (χ4v) is 2.92. The normalized spacial score (nSPS) is 17.2. The van der Waals surface area contributed by atoms with Gasteiger partial charge in [0.2, 0.25) is 5.91 Å². The van der Waals surface area contributed by atoms with Crippen molar-refractivity contribution in [3.8, 4) is 0 Å². The van der Waals surface area contributed by atoms with Crippen molar-refractivity contribution in [1.29, 1.82) is 0 Å².